The van der Waals surface area contributed by atoms with E-state index in [1.54, 1.807) is 43.3 Å². The molecule has 2 aromatic carbocycles. The third kappa shape index (κ3) is 4.23. The van der Waals surface area contributed by atoms with Crippen molar-refractivity contribution >= 4 is 17.9 Å². The molecule has 0 bridgehead atoms. The molecule has 1 atom stereocenters. The molecule has 0 aromatic heterocycles. The van der Waals surface area contributed by atoms with Crippen LogP contribution in [0.5, 0.6) is 5.75 Å². The van der Waals surface area contributed by atoms with Gasteiger partial charge in [0.25, 0.3) is 0 Å². The predicted octanol–water partition coefficient (Wildman–Crippen LogP) is 0.593. The number of benzene rings is 2. The van der Waals surface area contributed by atoms with Crippen LogP contribution in [0, 0.1) is 13.8 Å². The van der Waals surface area contributed by atoms with E-state index >= 15 is 0 Å². The standard InChI is InChI=1S/C21H20O6/c1-13-4-8-16(9-5-13)21(20(25)26,15(3)19(23)24)12-18(22)27-17-10-6-14(2)7-11-17/h4-11H,3,12H2,1-2H3,(H,23,24)(H,25,26)/p-2. The zero-order valence-electron chi connectivity index (χ0n) is 15.0. The Morgan fingerprint density at radius 2 is 1.41 bits per heavy atom. The number of rotatable bonds is 7. The van der Waals surface area contributed by atoms with Gasteiger partial charge in [0.05, 0.1) is 23.8 Å². The van der Waals surface area contributed by atoms with Gasteiger partial charge in [-0.3, -0.25) is 4.79 Å². The van der Waals surface area contributed by atoms with Crippen LogP contribution < -0.4 is 14.9 Å². The van der Waals surface area contributed by atoms with Crippen LogP contribution >= 0.6 is 0 Å². The van der Waals surface area contributed by atoms with Crippen LogP contribution in [0.1, 0.15) is 23.1 Å². The molecule has 140 valence electrons. The Bertz CT molecular complexity index is 880. The van der Waals surface area contributed by atoms with Crippen molar-refractivity contribution in [1.29, 1.82) is 0 Å². The van der Waals surface area contributed by atoms with Gasteiger partial charge in [-0.2, -0.15) is 0 Å². The fraction of sp³-hybridized carbons (Fsp3) is 0.190. The number of aliphatic carboxylic acids is 2. The van der Waals surface area contributed by atoms with Crippen molar-refractivity contribution < 1.29 is 29.3 Å². The molecule has 0 amide bonds. The van der Waals surface area contributed by atoms with E-state index in [4.69, 9.17) is 4.74 Å². The maximum absolute atomic E-state index is 12.4. The van der Waals surface area contributed by atoms with Gasteiger partial charge in [0.2, 0.25) is 0 Å². The van der Waals surface area contributed by atoms with E-state index in [2.05, 4.69) is 6.58 Å². The number of hydrogen-bond donors (Lipinski definition) is 0. The number of carbonyl (C=O) groups is 3. The van der Waals surface area contributed by atoms with Crippen molar-refractivity contribution in [3.8, 4) is 5.75 Å². The van der Waals surface area contributed by atoms with E-state index in [1.807, 2.05) is 6.92 Å². The molecule has 0 aliphatic rings. The van der Waals surface area contributed by atoms with E-state index in [-0.39, 0.29) is 11.3 Å². The maximum atomic E-state index is 12.4. The van der Waals surface area contributed by atoms with Crippen molar-refractivity contribution in [2.24, 2.45) is 0 Å². The zero-order chi connectivity index (χ0) is 20.2. The Hall–Kier alpha value is -3.41. The first kappa shape index (κ1) is 19.9. The van der Waals surface area contributed by atoms with Crippen LogP contribution in [0.15, 0.2) is 60.7 Å². The van der Waals surface area contributed by atoms with Crippen LogP contribution in [0.4, 0.5) is 0 Å². The normalized spacial score (nSPS) is 12.7. The monoisotopic (exact) mass is 366 g/mol. The highest BCUT2D eigenvalue weighted by molar-refractivity contribution is 6.01. The van der Waals surface area contributed by atoms with Crippen molar-refractivity contribution in [3.63, 3.8) is 0 Å². The van der Waals surface area contributed by atoms with Gasteiger partial charge in [-0.05, 0) is 37.1 Å². The fourth-order valence-electron chi connectivity index (χ4n) is 2.70. The lowest BCUT2D eigenvalue weighted by Gasteiger charge is -2.37. The van der Waals surface area contributed by atoms with Crippen molar-refractivity contribution in [2.75, 3.05) is 0 Å². The molecule has 0 spiro atoms. The van der Waals surface area contributed by atoms with E-state index in [9.17, 15) is 24.6 Å². The molecule has 0 heterocycles. The van der Waals surface area contributed by atoms with Gasteiger partial charge in [0.1, 0.15) is 5.75 Å². The molecule has 0 saturated carbocycles. The molecule has 0 fully saturated rings. The molecule has 6 nitrogen and oxygen atoms in total. The lowest BCUT2D eigenvalue weighted by atomic mass is 9.72. The second kappa shape index (κ2) is 7.86. The molecule has 0 N–H and O–H groups in total. The van der Waals surface area contributed by atoms with Crippen LogP contribution in [0.3, 0.4) is 0 Å². The summed E-state index contributed by atoms with van der Waals surface area (Å²) in [5.74, 6) is -4.30. The minimum absolute atomic E-state index is 0.0446. The largest absolute Gasteiger partial charge is 0.549 e. The first-order valence-electron chi connectivity index (χ1n) is 8.13. The highest BCUT2D eigenvalue weighted by atomic mass is 16.5. The van der Waals surface area contributed by atoms with Gasteiger partial charge < -0.3 is 24.5 Å². The SMILES string of the molecule is C=C(C(=O)[O-])C(CC(=O)Oc1ccc(C)cc1)(C(=O)[O-])c1ccc(C)cc1. The molecule has 2 rings (SSSR count). The summed E-state index contributed by atoms with van der Waals surface area (Å²) >= 11 is 0. The second-order valence-electron chi connectivity index (χ2n) is 6.29. The number of carboxylic acids is 2. The third-order valence-electron chi connectivity index (χ3n) is 4.32. The van der Waals surface area contributed by atoms with Gasteiger partial charge >= 0.3 is 5.97 Å². The van der Waals surface area contributed by atoms with Crippen molar-refractivity contribution in [3.05, 3.63) is 77.4 Å². The summed E-state index contributed by atoms with van der Waals surface area (Å²) in [4.78, 5) is 35.8. The quantitative estimate of drug-likeness (QED) is 0.403. The minimum Gasteiger partial charge on any atom is -0.549 e. The average Bonchev–Trinajstić information content (AvgIpc) is 2.61. The summed E-state index contributed by atoms with van der Waals surface area (Å²) in [6, 6.07) is 12.6. The summed E-state index contributed by atoms with van der Waals surface area (Å²) in [5.41, 5.74) is -1.28. The predicted molar refractivity (Wildman–Crippen MR) is 93.4 cm³/mol. The number of hydrogen-bond acceptors (Lipinski definition) is 6. The number of ether oxygens (including phenoxy) is 1. The summed E-state index contributed by atoms with van der Waals surface area (Å²) in [7, 11) is 0. The summed E-state index contributed by atoms with van der Waals surface area (Å²) in [6.07, 6.45) is -0.806. The molecular weight excluding hydrogens is 348 g/mol. The van der Waals surface area contributed by atoms with Gasteiger partial charge in [0, 0.05) is 0 Å². The number of carboxylic acid groups (broad SMARTS) is 2. The number of carbonyl (C=O) groups excluding carboxylic acids is 3. The summed E-state index contributed by atoms with van der Waals surface area (Å²) in [6.45, 7) is 6.96. The van der Waals surface area contributed by atoms with Gasteiger partial charge in [-0.15, -0.1) is 0 Å². The lowest BCUT2D eigenvalue weighted by Crippen LogP contribution is -2.52. The Labute approximate surface area is 156 Å². The molecule has 6 heteroatoms. The number of esters is 1. The molecule has 0 aliphatic heterocycles. The summed E-state index contributed by atoms with van der Waals surface area (Å²) in [5, 5.41) is 23.4. The van der Waals surface area contributed by atoms with Crippen LogP contribution in [-0.2, 0) is 19.8 Å². The third-order valence-corrected chi connectivity index (χ3v) is 4.32. The molecule has 0 aliphatic carbocycles. The Balaban J connectivity index is 2.44. The first-order chi connectivity index (χ1) is 12.7. The molecular formula is C21H18O6-2. The van der Waals surface area contributed by atoms with Crippen molar-refractivity contribution in [2.45, 2.75) is 25.7 Å². The average molecular weight is 366 g/mol. The van der Waals surface area contributed by atoms with E-state index in [1.165, 1.54) is 12.1 Å². The molecule has 0 saturated heterocycles. The molecule has 0 radical (unpaired) electrons. The Morgan fingerprint density at radius 1 is 0.926 bits per heavy atom. The van der Waals surface area contributed by atoms with E-state index in [0.717, 1.165) is 11.1 Å². The van der Waals surface area contributed by atoms with Crippen LogP contribution in [0.25, 0.3) is 0 Å². The second-order valence-corrected chi connectivity index (χ2v) is 6.29. The highest BCUT2D eigenvalue weighted by Gasteiger charge is 2.40. The van der Waals surface area contributed by atoms with Gasteiger partial charge in [-0.25, -0.2) is 0 Å². The maximum Gasteiger partial charge on any atom is 0.312 e. The highest BCUT2D eigenvalue weighted by Crippen LogP contribution is 2.35. The topological polar surface area (TPSA) is 107 Å². The molecule has 1 unspecified atom stereocenters. The van der Waals surface area contributed by atoms with E-state index in [0.29, 0.717) is 0 Å². The van der Waals surface area contributed by atoms with E-state index < -0.39 is 35.3 Å². The molecule has 2 aromatic rings. The van der Waals surface area contributed by atoms with Crippen LogP contribution in [0.2, 0.25) is 0 Å². The zero-order valence-corrected chi connectivity index (χ0v) is 15.0. The lowest BCUT2D eigenvalue weighted by molar-refractivity contribution is -0.317. The fourth-order valence-corrected chi connectivity index (χ4v) is 2.70. The van der Waals surface area contributed by atoms with Gasteiger partial charge in [0.15, 0.2) is 0 Å². The minimum atomic E-state index is -2.31. The Morgan fingerprint density at radius 3 is 1.85 bits per heavy atom. The van der Waals surface area contributed by atoms with Crippen molar-refractivity contribution in [1.82, 2.24) is 0 Å². The summed E-state index contributed by atoms with van der Waals surface area (Å²) < 4.78 is 5.17. The van der Waals surface area contributed by atoms with Gasteiger partial charge in [-0.1, -0.05) is 54.1 Å². The smallest absolute Gasteiger partial charge is 0.312 e. The molecule has 27 heavy (non-hydrogen) atoms. The first-order valence-corrected chi connectivity index (χ1v) is 8.13. The van der Waals surface area contributed by atoms with Crippen LogP contribution in [-0.4, -0.2) is 17.9 Å². The Kier molecular flexibility index (Phi) is 5.80. The number of aryl methyl sites for hydroxylation is 2.